The zero-order valence-electron chi connectivity index (χ0n) is 9.49. The lowest BCUT2D eigenvalue weighted by Gasteiger charge is -2.08. The van der Waals surface area contributed by atoms with Crippen LogP contribution in [0, 0.1) is 6.92 Å². The summed E-state index contributed by atoms with van der Waals surface area (Å²) < 4.78 is 10.2. The van der Waals surface area contributed by atoms with Crippen LogP contribution in [0.4, 0.5) is 0 Å². The molecule has 0 aliphatic carbocycles. The molecule has 3 nitrogen and oxygen atoms in total. The van der Waals surface area contributed by atoms with Crippen LogP contribution < -0.4 is 4.74 Å². The summed E-state index contributed by atoms with van der Waals surface area (Å²) in [5.41, 5.74) is 1.32. The number of benzene rings is 1. The number of hydrogen-bond donors (Lipinski definition) is 0. The molecule has 88 valence electrons. The van der Waals surface area contributed by atoms with Crippen molar-refractivity contribution in [3.63, 3.8) is 0 Å². The van der Waals surface area contributed by atoms with E-state index in [1.165, 1.54) is 13.4 Å². The van der Waals surface area contributed by atoms with Gasteiger partial charge in [-0.2, -0.15) is 0 Å². The maximum Gasteiger partial charge on any atom is 0.228 e. The fourth-order valence-corrected chi connectivity index (χ4v) is 1.84. The van der Waals surface area contributed by atoms with Crippen LogP contribution in [0.2, 0.25) is 5.02 Å². The lowest BCUT2D eigenvalue weighted by molar-refractivity contribution is 0.101. The number of furan rings is 1. The summed E-state index contributed by atoms with van der Waals surface area (Å²) in [4.78, 5) is 12.1. The summed E-state index contributed by atoms with van der Waals surface area (Å²) in [5, 5.41) is 0.410. The number of halogens is 1. The van der Waals surface area contributed by atoms with Gasteiger partial charge in [0, 0.05) is 5.56 Å². The van der Waals surface area contributed by atoms with Crippen LogP contribution in [0.3, 0.4) is 0 Å². The average Bonchev–Trinajstić information content (AvgIpc) is 2.84. The zero-order valence-corrected chi connectivity index (χ0v) is 10.2. The highest BCUT2D eigenvalue weighted by Crippen LogP contribution is 2.29. The molecule has 2 aromatic rings. The predicted molar refractivity (Wildman–Crippen MR) is 64.9 cm³/mol. The van der Waals surface area contributed by atoms with Crippen molar-refractivity contribution >= 4 is 17.4 Å². The van der Waals surface area contributed by atoms with E-state index in [1.807, 2.05) is 6.92 Å². The molecule has 0 bridgehead atoms. The molecule has 0 amide bonds. The third kappa shape index (κ3) is 2.19. The number of aryl methyl sites for hydroxylation is 1. The smallest absolute Gasteiger partial charge is 0.228 e. The van der Waals surface area contributed by atoms with Crippen molar-refractivity contribution in [3.05, 3.63) is 52.4 Å². The third-order valence-corrected chi connectivity index (χ3v) is 2.78. The highest BCUT2D eigenvalue weighted by atomic mass is 35.5. The number of rotatable bonds is 3. The molecule has 0 atom stereocenters. The molecule has 0 fully saturated rings. The fourth-order valence-electron chi connectivity index (χ4n) is 1.60. The number of methoxy groups -OCH3 is 1. The predicted octanol–water partition coefficient (Wildman–Crippen LogP) is 3.48. The zero-order chi connectivity index (χ0) is 12.4. The Labute approximate surface area is 104 Å². The Morgan fingerprint density at radius 3 is 2.76 bits per heavy atom. The van der Waals surface area contributed by atoms with Crippen LogP contribution in [0.5, 0.6) is 5.75 Å². The third-order valence-electron chi connectivity index (χ3n) is 2.49. The van der Waals surface area contributed by atoms with Crippen LogP contribution in [0.25, 0.3) is 0 Å². The Kier molecular flexibility index (Phi) is 3.20. The molecule has 0 saturated heterocycles. The summed E-state index contributed by atoms with van der Waals surface area (Å²) in [6.07, 6.45) is 1.47. The van der Waals surface area contributed by atoms with Gasteiger partial charge in [-0.15, -0.1) is 0 Å². The van der Waals surface area contributed by atoms with Crippen LogP contribution >= 0.6 is 11.6 Å². The van der Waals surface area contributed by atoms with Crippen molar-refractivity contribution in [1.29, 1.82) is 0 Å². The minimum atomic E-state index is -0.183. The molecule has 1 aromatic heterocycles. The molecular formula is C13H11ClO3. The topological polar surface area (TPSA) is 39.4 Å². The maximum absolute atomic E-state index is 12.1. The number of ether oxygens (including phenoxy) is 1. The van der Waals surface area contributed by atoms with Crippen molar-refractivity contribution in [2.24, 2.45) is 0 Å². The van der Waals surface area contributed by atoms with Crippen molar-refractivity contribution in [2.75, 3.05) is 7.11 Å². The van der Waals surface area contributed by atoms with Gasteiger partial charge >= 0.3 is 0 Å². The van der Waals surface area contributed by atoms with Crippen molar-refractivity contribution in [2.45, 2.75) is 6.92 Å². The van der Waals surface area contributed by atoms with Crippen molar-refractivity contribution < 1.29 is 13.9 Å². The molecule has 2 rings (SSSR count). The first-order valence-electron chi connectivity index (χ1n) is 5.06. The normalized spacial score (nSPS) is 10.3. The van der Waals surface area contributed by atoms with Gasteiger partial charge in [-0.3, -0.25) is 4.79 Å². The molecule has 0 aliphatic heterocycles. The monoisotopic (exact) mass is 250 g/mol. The van der Waals surface area contributed by atoms with E-state index in [4.69, 9.17) is 20.8 Å². The van der Waals surface area contributed by atoms with Crippen LogP contribution in [-0.4, -0.2) is 12.9 Å². The largest absolute Gasteiger partial charge is 0.495 e. The number of hydrogen-bond acceptors (Lipinski definition) is 3. The van der Waals surface area contributed by atoms with Gasteiger partial charge in [0.1, 0.15) is 5.75 Å². The minimum absolute atomic E-state index is 0.183. The van der Waals surface area contributed by atoms with Crippen LogP contribution in [0.1, 0.15) is 21.7 Å². The molecule has 17 heavy (non-hydrogen) atoms. The average molecular weight is 251 g/mol. The van der Waals surface area contributed by atoms with E-state index in [0.717, 1.165) is 5.56 Å². The van der Waals surface area contributed by atoms with E-state index in [0.29, 0.717) is 22.1 Å². The molecule has 0 radical (unpaired) electrons. The van der Waals surface area contributed by atoms with Crippen LogP contribution in [-0.2, 0) is 0 Å². The maximum atomic E-state index is 12.1. The summed E-state index contributed by atoms with van der Waals surface area (Å²) in [7, 11) is 1.54. The second kappa shape index (κ2) is 4.63. The van der Waals surface area contributed by atoms with Gasteiger partial charge in [0.05, 0.1) is 18.4 Å². The van der Waals surface area contributed by atoms with E-state index in [-0.39, 0.29) is 5.78 Å². The fraction of sp³-hybridized carbons (Fsp3) is 0.154. The summed E-state index contributed by atoms with van der Waals surface area (Å²) in [5.74, 6) is 0.673. The van der Waals surface area contributed by atoms with Gasteiger partial charge in [-0.1, -0.05) is 11.6 Å². The van der Waals surface area contributed by atoms with Gasteiger partial charge in [0.15, 0.2) is 5.76 Å². The van der Waals surface area contributed by atoms with Crippen molar-refractivity contribution in [3.8, 4) is 5.75 Å². The first kappa shape index (κ1) is 11.7. The number of ketones is 1. The highest BCUT2D eigenvalue weighted by molar-refractivity contribution is 6.32. The minimum Gasteiger partial charge on any atom is -0.495 e. The lowest BCUT2D eigenvalue weighted by atomic mass is 10.0. The molecule has 1 heterocycles. The number of carbonyl (C=O) groups is 1. The molecular weight excluding hydrogens is 240 g/mol. The first-order chi connectivity index (χ1) is 8.13. The molecule has 0 N–H and O–H groups in total. The Bertz CT molecular complexity index is 544. The Morgan fingerprint density at radius 2 is 2.18 bits per heavy atom. The second-order valence-corrected chi connectivity index (χ2v) is 4.02. The Balaban J connectivity index is 2.46. The van der Waals surface area contributed by atoms with E-state index in [2.05, 4.69) is 0 Å². The Morgan fingerprint density at radius 1 is 1.41 bits per heavy atom. The standard InChI is InChI=1S/C13H11ClO3/c1-8-6-12(16-2)10(14)7-9(8)13(15)11-4-3-5-17-11/h3-7H,1-2H3. The SMILES string of the molecule is COc1cc(C)c(C(=O)c2ccco2)cc1Cl. The molecule has 0 spiro atoms. The first-order valence-corrected chi connectivity index (χ1v) is 5.43. The summed E-state index contributed by atoms with van der Waals surface area (Å²) >= 11 is 6.00. The molecule has 1 aromatic carbocycles. The molecule has 0 unspecified atom stereocenters. The lowest BCUT2D eigenvalue weighted by Crippen LogP contribution is -2.03. The summed E-state index contributed by atoms with van der Waals surface area (Å²) in [6, 6.07) is 6.63. The highest BCUT2D eigenvalue weighted by Gasteiger charge is 2.16. The van der Waals surface area contributed by atoms with E-state index in [1.54, 1.807) is 24.3 Å². The van der Waals surface area contributed by atoms with E-state index >= 15 is 0 Å². The van der Waals surface area contributed by atoms with Gasteiger partial charge in [-0.25, -0.2) is 0 Å². The Hall–Kier alpha value is -1.74. The second-order valence-electron chi connectivity index (χ2n) is 3.61. The summed E-state index contributed by atoms with van der Waals surface area (Å²) in [6.45, 7) is 1.83. The van der Waals surface area contributed by atoms with Gasteiger partial charge in [-0.05, 0) is 36.8 Å². The number of carbonyl (C=O) groups excluding carboxylic acids is 1. The van der Waals surface area contributed by atoms with Gasteiger partial charge in [0.25, 0.3) is 0 Å². The quantitative estimate of drug-likeness (QED) is 0.783. The molecule has 0 saturated carbocycles. The molecule has 0 aliphatic rings. The molecule has 4 heteroatoms. The van der Waals surface area contributed by atoms with E-state index in [9.17, 15) is 4.79 Å². The van der Waals surface area contributed by atoms with Gasteiger partial charge < -0.3 is 9.15 Å². The van der Waals surface area contributed by atoms with Gasteiger partial charge in [0.2, 0.25) is 5.78 Å². The van der Waals surface area contributed by atoms with Crippen LogP contribution in [0.15, 0.2) is 34.9 Å². The van der Waals surface area contributed by atoms with E-state index < -0.39 is 0 Å². The van der Waals surface area contributed by atoms with Crippen molar-refractivity contribution in [1.82, 2.24) is 0 Å².